The Kier molecular flexibility index (Phi) is 4.68. The highest BCUT2D eigenvalue weighted by Crippen LogP contribution is 2.69. The molecule has 2 N–H and O–H groups in total. The number of hydrazone groups is 1. The molecule has 0 radical (unpaired) electrons. The molecular weight excluding hydrogens is 440 g/mol. The van der Waals surface area contributed by atoms with Crippen molar-refractivity contribution in [3.05, 3.63) is 52.6 Å². The number of nitrogens with one attached hydrogen (secondary N) is 2. The number of ether oxygens (including phenoxy) is 2. The topological polar surface area (TPSA) is 132 Å². The normalized spacial score (nSPS) is 27.1. The molecule has 2 fully saturated rings. The van der Waals surface area contributed by atoms with Gasteiger partial charge in [-0.15, -0.1) is 0 Å². The molecule has 2 atom stereocenters. The summed E-state index contributed by atoms with van der Waals surface area (Å²) in [6.45, 7) is 5.96. The highest BCUT2D eigenvalue weighted by atomic mass is 16.7. The van der Waals surface area contributed by atoms with Crippen molar-refractivity contribution in [3.63, 3.8) is 0 Å². The molecule has 3 aliphatic rings. The first-order valence-electron chi connectivity index (χ1n) is 10.9. The van der Waals surface area contributed by atoms with Crippen LogP contribution in [0.1, 0.15) is 33.6 Å². The lowest BCUT2D eigenvalue weighted by molar-refractivity contribution is -0.384. The van der Waals surface area contributed by atoms with Gasteiger partial charge in [-0.25, -0.2) is 0 Å². The lowest BCUT2D eigenvalue weighted by Crippen LogP contribution is -2.47. The largest absolute Gasteiger partial charge is 0.454 e. The predicted molar refractivity (Wildman–Crippen MR) is 124 cm³/mol. The number of fused-ring (bicyclic) bond motifs is 3. The molecule has 1 heterocycles. The molecule has 0 aromatic heterocycles. The van der Waals surface area contributed by atoms with Crippen molar-refractivity contribution in [2.75, 3.05) is 17.5 Å². The Morgan fingerprint density at radius 2 is 1.71 bits per heavy atom. The van der Waals surface area contributed by atoms with Crippen molar-refractivity contribution < 1.29 is 24.0 Å². The zero-order valence-electron chi connectivity index (χ0n) is 19.0. The van der Waals surface area contributed by atoms with Crippen molar-refractivity contribution in [1.29, 1.82) is 0 Å². The van der Waals surface area contributed by atoms with Gasteiger partial charge < -0.3 is 14.8 Å². The molecule has 2 saturated carbocycles. The number of amides is 1. The summed E-state index contributed by atoms with van der Waals surface area (Å²) in [5.41, 5.74) is 1.57. The maximum Gasteiger partial charge on any atom is 0.269 e. The van der Waals surface area contributed by atoms with Crippen LogP contribution >= 0.6 is 0 Å². The quantitative estimate of drug-likeness (QED) is 0.386. The van der Waals surface area contributed by atoms with Gasteiger partial charge in [-0.1, -0.05) is 20.8 Å². The standard InChI is InChI=1S/C24H24N4O6/c1-22(2)23(3)10-11-24(22,21(30)25-15-6-9-17-18(12-15)34-13-33-17)20(29)19(23)27-26-14-4-7-16(8-5-14)28(31)32/h4-9,12,26H,10-11,13H2,1-3H3,(H,25,30)/b27-19+. The maximum atomic E-state index is 13.7. The number of hydrogen-bond donors (Lipinski definition) is 2. The maximum absolute atomic E-state index is 13.7. The monoisotopic (exact) mass is 464 g/mol. The highest BCUT2D eigenvalue weighted by molar-refractivity contribution is 6.51. The third-order valence-corrected chi connectivity index (χ3v) is 7.96. The second kappa shape index (κ2) is 7.28. The Bertz CT molecular complexity index is 1250. The minimum absolute atomic E-state index is 0.0403. The van der Waals surface area contributed by atoms with E-state index >= 15 is 0 Å². The van der Waals surface area contributed by atoms with Gasteiger partial charge in [-0.2, -0.15) is 5.10 Å². The molecule has 2 aromatic carbocycles. The van der Waals surface area contributed by atoms with Gasteiger partial charge in [0.1, 0.15) is 11.1 Å². The summed E-state index contributed by atoms with van der Waals surface area (Å²) in [6.07, 6.45) is 1.04. The molecule has 2 aliphatic carbocycles. The Hall–Kier alpha value is -3.95. The number of nitrogens with zero attached hydrogens (tertiary/aromatic N) is 2. The van der Waals surface area contributed by atoms with Crippen LogP contribution in [-0.4, -0.2) is 29.1 Å². The molecule has 10 heteroatoms. The van der Waals surface area contributed by atoms with Gasteiger partial charge in [0.05, 0.1) is 10.6 Å². The van der Waals surface area contributed by atoms with Crippen LogP contribution < -0.4 is 20.2 Å². The summed E-state index contributed by atoms with van der Waals surface area (Å²) in [4.78, 5) is 37.8. The highest BCUT2D eigenvalue weighted by Gasteiger charge is 2.76. The van der Waals surface area contributed by atoms with Gasteiger partial charge in [0, 0.05) is 29.3 Å². The number of nitro benzene ring substituents is 1. The molecule has 2 bridgehead atoms. The van der Waals surface area contributed by atoms with Crippen LogP contribution in [0, 0.1) is 26.4 Å². The first-order valence-corrected chi connectivity index (χ1v) is 10.9. The van der Waals surface area contributed by atoms with Crippen LogP contribution in [0.4, 0.5) is 17.1 Å². The Balaban J connectivity index is 1.44. The third kappa shape index (κ3) is 2.84. The molecule has 0 saturated heterocycles. The summed E-state index contributed by atoms with van der Waals surface area (Å²) in [5, 5.41) is 18.2. The van der Waals surface area contributed by atoms with Gasteiger partial charge in [0.2, 0.25) is 12.7 Å². The summed E-state index contributed by atoms with van der Waals surface area (Å²) in [6, 6.07) is 10.9. The van der Waals surface area contributed by atoms with E-state index in [0.29, 0.717) is 41.4 Å². The number of non-ortho nitro benzene ring substituents is 1. The van der Waals surface area contributed by atoms with Crippen LogP contribution in [0.25, 0.3) is 0 Å². The minimum Gasteiger partial charge on any atom is -0.454 e. The van der Waals surface area contributed by atoms with Crippen molar-refractivity contribution in [1.82, 2.24) is 0 Å². The molecule has 0 spiro atoms. The van der Waals surface area contributed by atoms with Crippen LogP contribution in [0.2, 0.25) is 0 Å². The Morgan fingerprint density at radius 1 is 1.03 bits per heavy atom. The summed E-state index contributed by atoms with van der Waals surface area (Å²) < 4.78 is 10.7. The fourth-order valence-corrected chi connectivity index (χ4v) is 5.46. The smallest absolute Gasteiger partial charge is 0.269 e. The molecule has 5 rings (SSSR count). The fraction of sp³-hybridized carbons (Fsp3) is 0.375. The van der Waals surface area contributed by atoms with E-state index in [4.69, 9.17) is 9.47 Å². The first kappa shape index (κ1) is 21.9. The van der Waals surface area contributed by atoms with Crippen LogP contribution in [-0.2, 0) is 9.59 Å². The Labute approximate surface area is 195 Å². The van der Waals surface area contributed by atoms with E-state index in [2.05, 4.69) is 15.8 Å². The number of carbonyl (C=O) groups excluding carboxylic acids is 2. The van der Waals surface area contributed by atoms with E-state index < -0.39 is 21.2 Å². The number of Topliss-reactive ketones (excluding diaryl/α,β-unsaturated/α-hetero) is 1. The van der Waals surface area contributed by atoms with Gasteiger partial charge in [-0.3, -0.25) is 25.1 Å². The van der Waals surface area contributed by atoms with Crippen molar-refractivity contribution >= 4 is 34.5 Å². The fourth-order valence-electron chi connectivity index (χ4n) is 5.46. The van der Waals surface area contributed by atoms with Crippen LogP contribution in [0.5, 0.6) is 11.5 Å². The molecule has 34 heavy (non-hydrogen) atoms. The zero-order valence-corrected chi connectivity index (χ0v) is 19.0. The number of ketones is 1. The number of hydrogen-bond acceptors (Lipinski definition) is 8. The van der Waals surface area contributed by atoms with Gasteiger partial charge in [0.15, 0.2) is 17.3 Å². The summed E-state index contributed by atoms with van der Waals surface area (Å²) in [5.74, 6) is 0.469. The van der Waals surface area contributed by atoms with E-state index in [1.165, 1.54) is 24.3 Å². The van der Waals surface area contributed by atoms with E-state index in [0.717, 1.165) is 0 Å². The molecule has 176 valence electrons. The number of anilines is 2. The number of rotatable bonds is 5. The van der Waals surface area contributed by atoms with Crippen LogP contribution in [0.15, 0.2) is 47.6 Å². The third-order valence-electron chi connectivity index (χ3n) is 7.96. The van der Waals surface area contributed by atoms with Crippen molar-refractivity contribution in [2.24, 2.45) is 21.3 Å². The van der Waals surface area contributed by atoms with Gasteiger partial charge >= 0.3 is 0 Å². The number of benzene rings is 2. The zero-order chi connectivity index (χ0) is 24.3. The molecule has 2 aromatic rings. The van der Waals surface area contributed by atoms with Crippen LogP contribution in [0.3, 0.4) is 0 Å². The molecule has 2 unspecified atom stereocenters. The first-order chi connectivity index (χ1) is 16.1. The predicted octanol–water partition coefficient (Wildman–Crippen LogP) is 4.13. The molecule has 1 aliphatic heterocycles. The molecular formula is C24H24N4O6. The van der Waals surface area contributed by atoms with Gasteiger partial charge in [0.25, 0.3) is 5.69 Å². The average Bonchev–Trinajstić information content (AvgIpc) is 3.38. The van der Waals surface area contributed by atoms with E-state index in [-0.39, 0.29) is 24.2 Å². The number of carbonyl (C=O) groups is 2. The van der Waals surface area contributed by atoms with E-state index in [1.54, 1.807) is 18.2 Å². The van der Waals surface area contributed by atoms with E-state index in [9.17, 15) is 19.7 Å². The lowest BCUT2D eigenvalue weighted by Gasteiger charge is -2.37. The average molecular weight is 464 g/mol. The van der Waals surface area contributed by atoms with Crippen molar-refractivity contribution in [2.45, 2.75) is 33.6 Å². The van der Waals surface area contributed by atoms with Gasteiger partial charge in [-0.05, 0) is 42.5 Å². The lowest BCUT2D eigenvalue weighted by atomic mass is 9.64. The molecule has 1 amide bonds. The number of nitro groups is 1. The SMILES string of the molecule is CC12CCC(C(=O)Nc3ccc4c(c3)OCO4)(C(=O)/C1=N\Nc1ccc([N+](=O)[O-])cc1)C2(C)C. The second-order valence-corrected chi connectivity index (χ2v) is 9.59. The van der Waals surface area contributed by atoms with E-state index in [1.807, 2.05) is 20.8 Å². The Morgan fingerprint density at radius 3 is 2.41 bits per heavy atom. The molecule has 10 nitrogen and oxygen atoms in total. The van der Waals surface area contributed by atoms with Crippen molar-refractivity contribution in [3.8, 4) is 11.5 Å². The summed E-state index contributed by atoms with van der Waals surface area (Å²) in [7, 11) is 0. The summed E-state index contributed by atoms with van der Waals surface area (Å²) >= 11 is 0. The second-order valence-electron chi connectivity index (χ2n) is 9.59. The minimum atomic E-state index is -1.27.